The Balaban J connectivity index is 2.88. The average molecular weight is 210 g/mol. The summed E-state index contributed by atoms with van der Waals surface area (Å²) in [6, 6.07) is 9.44. The van der Waals surface area contributed by atoms with Gasteiger partial charge >= 0.3 is 0 Å². The highest BCUT2D eigenvalue weighted by Crippen LogP contribution is 2.20. The van der Waals surface area contributed by atoms with Crippen LogP contribution in [0.25, 0.3) is 0 Å². The topological polar surface area (TPSA) is 26.3 Å². The van der Waals surface area contributed by atoms with E-state index in [0.717, 1.165) is 5.56 Å². The van der Waals surface area contributed by atoms with E-state index in [2.05, 4.69) is 12.6 Å². The van der Waals surface area contributed by atoms with E-state index < -0.39 is 6.10 Å². The molecule has 2 atom stereocenters. The third-order valence-electron chi connectivity index (χ3n) is 2.01. The maximum atomic E-state index is 11.7. The molecule has 1 aromatic carbocycles. The molecule has 1 unspecified atom stereocenters. The Morgan fingerprint density at radius 3 is 2.36 bits per heavy atom. The van der Waals surface area contributed by atoms with E-state index in [1.165, 1.54) is 7.11 Å². The number of hydrogen-bond acceptors (Lipinski definition) is 3. The molecule has 0 amide bonds. The lowest BCUT2D eigenvalue weighted by atomic mass is 10.0. The van der Waals surface area contributed by atoms with Crippen molar-refractivity contribution in [1.29, 1.82) is 0 Å². The summed E-state index contributed by atoms with van der Waals surface area (Å²) in [6.45, 7) is 1.75. The second kappa shape index (κ2) is 5.17. The van der Waals surface area contributed by atoms with E-state index in [9.17, 15) is 4.79 Å². The zero-order chi connectivity index (χ0) is 10.6. The van der Waals surface area contributed by atoms with Crippen LogP contribution in [0.3, 0.4) is 0 Å². The zero-order valence-corrected chi connectivity index (χ0v) is 9.20. The molecule has 0 radical (unpaired) electrons. The second-order valence-electron chi connectivity index (χ2n) is 3.10. The predicted molar refractivity (Wildman–Crippen MR) is 59.6 cm³/mol. The molecule has 0 spiro atoms. The van der Waals surface area contributed by atoms with Crippen molar-refractivity contribution < 1.29 is 9.53 Å². The molecular formula is C11H14O2S. The largest absolute Gasteiger partial charge is 0.369 e. The van der Waals surface area contributed by atoms with E-state index in [1.807, 2.05) is 30.3 Å². The minimum absolute atomic E-state index is 0.0120. The number of benzene rings is 1. The molecule has 0 heterocycles. The van der Waals surface area contributed by atoms with Crippen molar-refractivity contribution in [3.05, 3.63) is 35.9 Å². The number of ketones is 1. The summed E-state index contributed by atoms with van der Waals surface area (Å²) < 4.78 is 5.16. The van der Waals surface area contributed by atoms with Gasteiger partial charge in [0.25, 0.3) is 0 Å². The highest BCUT2D eigenvalue weighted by Gasteiger charge is 2.22. The van der Waals surface area contributed by atoms with Crippen LogP contribution in [0.5, 0.6) is 0 Å². The van der Waals surface area contributed by atoms with Gasteiger partial charge in [0.05, 0.1) is 5.25 Å². The minimum Gasteiger partial charge on any atom is -0.369 e. The summed E-state index contributed by atoms with van der Waals surface area (Å²) in [5, 5.41) is -0.305. The number of ether oxygens (including phenoxy) is 1. The summed E-state index contributed by atoms with van der Waals surface area (Å²) in [5.74, 6) is -0.0120. The van der Waals surface area contributed by atoms with Gasteiger partial charge in [0.2, 0.25) is 0 Å². The molecule has 0 saturated carbocycles. The van der Waals surface area contributed by atoms with Crippen molar-refractivity contribution in [2.45, 2.75) is 18.3 Å². The first-order valence-corrected chi connectivity index (χ1v) is 4.98. The number of hydrogen-bond donors (Lipinski definition) is 1. The Kier molecular flexibility index (Phi) is 4.17. The molecular weight excluding hydrogens is 196 g/mol. The van der Waals surface area contributed by atoms with Crippen LogP contribution in [0.4, 0.5) is 0 Å². The molecule has 0 aliphatic heterocycles. The van der Waals surface area contributed by atoms with Gasteiger partial charge in [-0.25, -0.2) is 0 Å². The Morgan fingerprint density at radius 2 is 1.93 bits per heavy atom. The molecule has 0 aliphatic rings. The van der Waals surface area contributed by atoms with Gasteiger partial charge in [-0.3, -0.25) is 4.79 Å². The van der Waals surface area contributed by atoms with E-state index in [4.69, 9.17) is 4.74 Å². The van der Waals surface area contributed by atoms with Crippen LogP contribution in [-0.4, -0.2) is 18.1 Å². The first-order chi connectivity index (χ1) is 6.66. The third kappa shape index (κ3) is 2.59. The van der Waals surface area contributed by atoms with Crippen LogP contribution in [0, 0.1) is 0 Å². The molecule has 1 rings (SSSR count). The van der Waals surface area contributed by atoms with Gasteiger partial charge in [-0.1, -0.05) is 30.3 Å². The second-order valence-corrected chi connectivity index (χ2v) is 3.88. The molecule has 0 fully saturated rings. The van der Waals surface area contributed by atoms with Crippen molar-refractivity contribution in [1.82, 2.24) is 0 Å². The third-order valence-corrected chi connectivity index (χ3v) is 2.26. The number of thiol groups is 1. The van der Waals surface area contributed by atoms with E-state index >= 15 is 0 Å². The van der Waals surface area contributed by atoms with Gasteiger partial charge in [-0.2, -0.15) is 12.6 Å². The summed E-state index contributed by atoms with van der Waals surface area (Å²) in [7, 11) is 1.53. The van der Waals surface area contributed by atoms with Crippen molar-refractivity contribution in [3.8, 4) is 0 Å². The van der Waals surface area contributed by atoms with E-state index in [-0.39, 0.29) is 11.0 Å². The fourth-order valence-corrected chi connectivity index (χ4v) is 1.40. The molecule has 14 heavy (non-hydrogen) atoms. The SMILES string of the molecule is CO[C@@H](C(=O)C(C)S)c1ccccc1. The van der Waals surface area contributed by atoms with Crippen LogP contribution in [0.2, 0.25) is 0 Å². The molecule has 3 heteroatoms. The van der Waals surface area contributed by atoms with E-state index in [0.29, 0.717) is 0 Å². The molecule has 0 N–H and O–H groups in total. The number of rotatable bonds is 4. The van der Waals surface area contributed by atoms with Crippen LogP contribution in [0.15, 0.2) is 30.3 Å². The molecule has 2 nitrogen and oxygen atoms in total. The molecule has 76 valence electrons. The van der Waals surface area contributed by atoms with Gasteiger partial charge in [0.15, 0.2) is 5.78 Å². The fraction of sp³-hybridized carbons (Fsp3) is 0.364. The number of carbonyl (C=O) groups excluding carboxylic acids is 1. The Bertz CT molecular complexity index is 295. The number of carbonyl (C=O) groups is 1. The molecule has 0 aliphatic carbocycles. The quantitative estimate of drug-likeness (QED) is 0.771. The van der Waals surface area contributed by atoms with Gasteiger partial charge in [-0.15, -0.1) is 0 Å². The Morgan fingerprint density at radius 1 is 1.36 bits per heavy atom. The fourth-order valence-electron chi connectivity index (χ4n) is 1.26. The summed E-state index contributed by atoms with van der Waals surface area (Å²) in [6.07, 6.45) is -0.497. The minimum atomic E-state index is -0.497. The van der Waals surface area contributed by atoms with Crippen molar-refractivity contribution >= 4 is 18.4 Å². The summed E-state index contributed by atoms with van der Waals surface area (Å²) >= 11 is 4.11. The Hall–Kier alpha value is -0.800. The van der Waals surface area contributed by atoms with Crippen molar-refractivity contribution in [2.24, 2.45) is 0 Å². The normalized spacial score (nSPS) is 14.8. The van der Waals surface area contributed by atoms with Gasteiger partial charge in [0.1, 0.15) is 6.10 Å². The van der Waals surface area contributed by atoms with Crippen LogP contribution < -0.4 is 0 Å². The van der Waals surface area contributed by atoms with Crippen molar-refractivity contribution in [3.63, 3.8) is 0 Å². The van der Waals surface area contributed by atoms with Crippen LogP contribution in [0.1, 0.15) is 18.6 Å². The molecule has 0 bridgehead atoms. The lowest BCUT2D eigenvalue weighted by Gasteiger charge is -2.15. The first kappa shape index (κ1) is 11.3. The van der Waals surface area contributed by atoms with Gasteiger partial charge in [0, 0.05) is 7.11 Å². The molecule has 0 aromatic heterocycles. The Labute approximate surface area is 89.7 Å². The smallest absolute Gasteiger partial charge is 0.178 e. The standard InChI is InChI=1S/C11H14O2S/c1-8(14)10(12)11(13-2)9-6-4-3-5-7-9/h3-8,11,14H,1-2H3/t8?,11-/m1/s1. The lowest BCUT2D eigenvalue weighted by Crippen LogP contribution is -2.21. The maximum Gasteiger partial charge on any atom is 0.178 e. The molecule has 1 aromatic rings. The first-order valence-electron chi connectivity index (χ1n) is 4.46. The zero-order valence-electron chi connectivity index (χ0n) is 8.31. The number of Topliss-reactive ketones (excluding diaryl/α,β-unsaturated/α-hetero) is 1. The summed E-state index contributed by atoms with van der Waals surface area (Å²) in [5.41, 5.74) is 0.876. The number of methoxy groups -OCH3 is 1. The highest BCUT2D eigenvalue weighted by atomic mass is 32.1. The van der Waals surface area contributed by atoms with Crippen LogP contribution in [-0.2, 0) is 9.53 Å². The maximum absolute atomic E-state index is 11.7. The monoisotopic (exact) mass is 210 g/mol. The van der Waals surface area contributed by atoms with Crippen molar-refractivity contribution in [2.75, 3.05) is 7.11 Å². The lowest BCUT2D eigenvalue weighted by molar-refractivity contribution is -0.128. The molecule has 0 saturated heterocycles. The average Bonchev–Trinajstić information content (AvgIpc) is 2.20. The van der Waals surface area contributed by atoms with Gasteiger partial charge < -0.3 is 4.74 Å². The van der Waals surface area contributed by atoms with Crippen LogP contribution >= 0.6 is 12.6 Å². The predicted octanol–water partition coefficient (Wildman–Crippen LogP) is 2.26. The highest BCUT2D eigenvalue weighted by molar-refractivity contribution is 7.81. The summed E-state index contributed by atoms with van der Waals surface area (Å²) in [4.78, 5) is 11.7. The van der Waals surface area contributed by atoms with E-state index in [1.54, 1.807) is 6.92 Å². The van der Waals surface area contributed by atoms with Gasteiger partial charge in [-0.05, 0) is 12.5 Å².